The van der Waals surface area contributed by atoms with E-state index in [-0.39, 0.29) is 5.11 Å². The first kappa shape index (κ1) is 17.3. The molecule has 1 atom stereocenters. The van der Waals surface area contributed by atoms with Crippen LogP contribution in [-0.4, -0.2) is 42.7 Å². The Morgan fingerprint density at radius 1 is 1.54 bits per heavy atom. The summed E-state index contributed by atoms with van der Waals surface area (Å²) in [7, 11) is 0. The molecule has 4 N–H and O–H groups in total. The molecule has 7 nitrogen and oxygen atoms in total. The number of rotatable bonds is 2. The molecule has 0 amide bonds. The summed E-state index contributed by atoms with van der Waals surface area (Å²) >= 11 is 6.29. The molecular formula is C15H21N5O2S2. The molecule has 1 fully saturated rings. The van der Waals surface area contributed by atoms with Crippen molar-refractivity contribution in [1.82, 2.24) is 10.5 Å². The second-order valence-corrected chi connectivity index (χ2v) is 7.94. The van der Waals surface area contributed by atoms with Gasteiger partial charge in [0.25, 0.3) is 5.66 Å². The first-order chi connectivity index (χ1) is 11.3. The Kier molecular flexibility index (Phi) is 4.37. The topological polar surface area (TPSA) is 100.0 Å². The highest BCUT2D eigenvalue weighted by Gasteiger charge is 2.65. The van der Waals surface area contributed by atoms with Crippen LogP contribution in [0.15, 0.2) is 22.6 Å². The minimum atomic E-state index is -1.22. The third-order valence-corrected chi connectivity index (χ3v) is 5.67. The maximum absolute atomic E-state index is 13.4. The molecule has 9 heteroatoms. The number of hydrogen-bond donors (Lipinski definition) is 3. The van der Waals surface area contributed by atoms with Crippen LogP contribution in [0.25, 0.3) is 0 Å². The van der Waals surface area contributed by atoms with Crippen molar-refractivity contribution in [1.29, 1.82) is 0 Å². The Morgan fingerprint density at radius 3 is 2.92 bits per heavy atom. The predicted molar refractivity (Wildman–Crippen MR) is 98.3 cm³/mol. The molecular weight excluding hydrogens is 346 g/mol. The third-order valence-electron chi connectivity index (χ3n) is 4.71. The van der Waals surface area contributed by atoms with Crippen molar-refractivity contribution in [2.24, 2.45) is 10.8 Å². The van der Waals surface area contributed by atoms with E-state index in [1.165, 1.54) is 11.3 Å². The average Bonchev–Trinajstić information content (AvgIpc) is 3.09. The monoisotopic (exact) mass is 367 g/mol. The maximum Gasteiger partial charge on any atom is 0.292 e. The maximum atomic E-state index is 13.4. The highest BCUT2D eigenvalue weighted by atomic mass is 32.1. The lowest BCUT2D eigenvalue weighted by Gasteiger charge is -2.38. The molecule has 2 heterocycles. The van der Waals surface area contributed by atoms with Gasteiger partial charge in [0.2, 0.25) is 5.71 Å². The van der Waals surface area contributed by atoms with Gasteiger partial charge in [-0.05, 0) is 56.8 Å². The van der Waals surface area contributed by atoms with Crippen molar-refractivity contribution in [2.45, 2.75) is 50.7 Å². The summed E-state index contributed by atoms with van der Waals surface area (Å²) in [6.45, 7) is 3.68. The number of hydrogen-bond acceptors (Lipinski definition) is 6. The van der Waals surface area contributed by atoms with Gasteiger partial charge in [-0.1, -0.05) is 6.07 Å². The standard InChI is InChI=1S/C15H21N5O2S2/c1-14(2)12(10-6-5-9-24-10)19(21)15(20(14)22)8-4-3-7-11(15)17-18-13(16)23/h5-6,9,22H,3-4,7-8H2,1-2H3,(H3,16,18,23)/t15-/m0/s1. The number of nitrogens with one attached hydrogen (secondary N) is 1. The van der Waals surface area contributed by atoms with Gasteiger partial charge >= 0.3 is 0 Å². The lowest BCUT2D eigenvalue weighted by atomic mass is 9.86. The fourth-order valence-electron chi connectivity index (χ4n) is 3.62. The quantitative estimate of drug-likeness (QED) is 0.320. The normalized spacial score (nSPS) is 28.7. The Bertz CT molecular complexity index is 713. The lowest BCUT2D eigenvalue weighted by molar-refractivity contribution is -0.568. The summed E-state index contributed by atoms with van der Waals surface area (Å²) in [5, 5.41) is 31.7. The molecule has 0 unspecified atom stereocenters. The van der Waals surface area contributed by atoms with Gasteiger partial charge in [-0.15, -0.1) is 16.4 Å². The van der Waals surface area contributed by atoms with Crippen molar-refractivity contribution in [3.63, 3.8) is 0 Å². The molecule has 2 aliphatic rings. The van der Waals surface area contributed by atoms with E-state index >= 15 is 0 Å². The second kappa shape index (κ2) is 6.07. The molecule has 1 aliphatic heterocycles. The number of hydrazone groups is 1. The first-order valence-electron chi connectivity index (χ1n) is 7.82. The van der Waals surface area contributed by atoms with E-state index in [2.05, 4.69) is 10.5 Å². The summed E-state index contributed by atoms with van der Waals surface area (Å²) in [6.07, 6.45) is 2.81. The molecule has 1 aromatic heterocycles. The van der Waals surface area contributed by atoms with E-state index in [1.807, 2.05) is 31.4 Å². The summed E-state index contributed by atoms with van der Waals surface area (Å²) in [5.41, 5.74) is 7.08. The zero-order chi connectivity index (χ0) is 17.5. The van der Waals surface area contributed by atoms with Crippen molar-refractivity contribution in [3.05, 3.63) is 27.6 Å². The third kappa shape index (κ3) is 2.43. The van der Waals surface area contributed by atoms with Crippen molar-refractivity contribution in [2.75, 3.05) is 0 Å². The van der Waals surface area contributed by atoms with Crippen LogP contribution in [0.2, 0.25) is 0 Å². The van der Waals surface area contributed by atoms with E-state index in [0.717, 1.165) is 27.5 Å². The molecule has 3 rings (SSSR count). The fraction of sp³-hybridized carbons (Fsp3) is 0.533. The van der Waals surface area contributed by atoms with Crippen LogP contribution >= 0.6 is 23.6 Å². The first-order valence-corrected chi connectivity index (χ1v) is 9.11. The summed E-state index contributed by atoms with van der Waals surface area (Å²) < 4.78 is 0.929. The molecule has 1 spiro atoms. The largest absolute Gasteiger partial charge is 0.622 e. The number of hydroxylamine groups is 3. The van der Waals surface area contributed by atoms with Gasteiger partial charge in [0.15, 0.2) is 5.11 Å². The van der Waals surface area contributed by atoms with E-state index in [1.54, 1.807) is 0 Å². The van der Waals surface area contributed by atoms with Gasteiger partial charge in [0, 0.05) is 6.42 Å². The molecule has 0 bridgehead atoms. The van der Waals surface area contributed by atoms with Crippen molar-refractivity contribution >= 4 is 40.1 Å². The van der Waals surface area contributed by atoms with Crippen LogP contribution in [0.1, 0.15) is 44.4 Å². The summed E-state index contributed by atoms with van der Waals surface area (Å²) in [6, 6.07) is 3.79. The van der Waals surface area contributed by atoms with Gasteiger partial charge in [0.1, 0.15) is 11.3 Å². The Balaban J connectivity index is 2.17. The number of thiocarbonyl (C=S) groups is 1. The molecule has 0 radical (unpaired) electrons. The average molecular weight is 367 g/mol. The molecule has 1 aliphatic carbocycles. The molecule has 0 saturated heterocycles. The Hall–Kier alpha value is -1.55. The van der Waals surface area contributed by atoms with E-state index in [4.69, 9.17) is 18.0 Å². The summed E-state index contributed by atoms with van der Waals surface area (Å²) in [4.78, 5) is 0.846. The summed E-state index contributed by atoms with van der Waals surface area (Å²) in [5.74, 6) is 0. The second-order valence-electron chi connectivity index (χ2n) is 6.55. The minimum Gasteiger partial charge on any atom is -0.622 e. The zero-order valence-electron chi connectivity index (χ0n) is 13.7. The number of thiophene rings is 1. The van der Waals surface area contributed by atoms with Crippen molar-refractivity contribution < 1.29 is 9.95 Å². The highest BCUT2D eigenvalue weighted by molar-refractivity contribution is 7.80. The van der Waals surface area contributed by atoms with Gasteiger partial charge in [-0.25, -0.2) is 0 Å². The zero-order valence-corrected chi connectivity index (χ0v) is 15.3. The molecule has 1 aromatic rings. The molecule has 24 heavy (non-hydrogen) atoms. The van der Waals surface area contributed by atoms with Gasteiger partial charge in [-0.2, -0.15) is 9.84 Å². The Morgan fingerprint density at radius 2 is 2.29 bits per heavy atom. The lowest BCUT2D eigenvalue weighted by Crippen LogP contribution is -2.61. The van der Waals surface area contributed by atoms with Crippen LogP contribution in [0, 0.1) is 5.21 Å². The van der Waals surface area contributed by atoms with Crippen LogP contribution < -0.4 is 11.2 Å². The van der Waals surface area contributed by atoms with Gasteiger partial charge in [-0.3, -0.25) is 5.43 Å². The number of nitrogens with zero attached hydrogens (tertiary/aromatic N) is 3. The van der Waals surface area contributed by atoms with Crippen LogP contribution in [0.4, 0.5) is 0 Å². The molecule has 1 saturated carbocycles. The number of nitrogens with two attached hydrogens (primary N) is 1. The van der Waals surface area contributed by atoms with Gasteiger partial charge < -0.3 is 16.1 Å². The van der Waals surface area contributed by atoms with Crippen LogP contribution in [0.5, 0.6) is 0 Å². The van der Waals surface area contributed by atoms with Crippen LogP contribution in [0.3, 0.4) is 0 Å². The van der Waals surface area contributed by atoms with E-state index in [9.17, 15) is 10.4 Å². The molecule has 130 valence electrons. The van der Waals surface area contributed by atoms with E-state index < -0.39 is 11.2 Å². The Labute approximate surface area is 150 Å². The fourth-order valence-corrected chi connectivity index (χ4v) is 4.57. The van der Waals surface area contributed by atoms with E-state index in [0.29, 0.717) is 24.3 Å². The van der Waals surface area contributed by atoms with Crippen molar-refractivity contribution in [3.8, 4) is 0 Å². The minimum absolute atomic E-state index is 0.0323. The molecule has 0 aromatic carbocycles. The SMILES string of the molecule is CC1(C)C(c2cccs2)=[N+]([O-])[C@@]2(CCCCC2=NNC(N)=S)N1O. The van der Waals surface area contributed by atoms with Gasteiger partial charge in [0.05, 0.1) is 4.88 Å². The highest BCUT2D eigenvalue weighted by Crippen LogP contribution is 2.42. The smallest absolute Gasteiger partial charge is 0.292 e. The van der Waals surface area contributed by atoms with Crippen LogP contribution in [-0.2, 0) is 0 Å². The predicted octanol–water partition coefficient (Wildman–Crippen LogP) is 1.99.